The molecule has 0 aromatic heterocycles. The molecule has 0 aromatic carbocycles. The van der Waals surface area contributed by atoms with Gasteiger partial charge in [0.15, 0.2) is 0 Å². The van der Waals surface area contributed by atoms with E-state index in [9.17, 15) is 0 Å². The van der Waals surface area contributed by atoms with Crippen LogP contribution in [0.1, 0.15) is 0 Å². The van der Waals surface area contributed by atoms with Crippen molar-refractivity contribution >= 4 is 37.9 Å². The zero-order chi connectivity index (χ0) is 8.12. The van der Waals surface area contributed by atoms with Crippen molar-refractivity contribution in [3.05, 3.63) is 0 Å². The molecule has 3 nitrogen and oxygen atoms in total. The van der Waals surface area contributed by atoms with E-state index in [2.05, 4.69) is 37.9 Å². The van der Waals surface area contributed by atoms with Crippen LogP contribution in [-0.4, -0.2) is 0 Å². The first-order chi connectivity index (χ1) is 4.24. The Morgan fingerprint density at radius 1 is 0.700 bits per heavy atom. The Balaban J connectivity index is -0.0000000257. The molecule has 0 aromatic rings. The van der Waals surface area contributed by atoms with Gasteiger partial charge in [-0.05, 0) is 0 Å². The molecule has 0 rings (SSSR count). The summed E-state index contributed by atoms with van der Waals surface area (Å²) in [6.07, 6.45) is 0. The van der Waals surface area contributed by atoms with Gasteiger partial charge >= 0.3 is 17.1 Å². The third-order valence-corrected chi connectivity index (χ3v) is 0. The van der Waals surface area contributed by atoms with Gasteiger partial charge in [0, 0.05) is 0 Å². The van der Waals surface area contributed by atoms with E-state index in [1.807, 2.05) is 0 Å². The summed E-state index contributed by atoms with van der Waals surface area (Å²) in [5.74, 6) is 0. The molecule has 0 heterocycles. The Hall–Kier alpha value is -0.351. The number of hydrogen-bond acceptors (Lipinski definition) is 6. The van der Waals surface area contributed by atoms with Crippen LogP contribution < -0.4 is 0 Å². The molecule has 0 radical (unpaired) electrons. The fourth-order valence-electron chi connectivity index (χ4n) is 0. The monoisotopic (exact) mass is 230 g/mol. The van der Waals surface area contributed by atoms with E-state index in [-0.39, 0.29) is 17.1 Å². The van der Waals surface area contributed by atoms with Gasteiger partial charge < -0.3 is 37.9 Å². The summed E-state index contributed by atoms with van der Waals surface area (Å²) in [6, 6.07) is 0. The Labute approximate surface area is 86.7 Å². The van der Waals surface area contributed by atoms with Crippen molar-refractivity contribution in [3.63, 3.8) is 0 Å². The second-order valence-electron chi connectivity index (χ2n) is 0.274. The van der Waals surface area contributed by atoms with E-state index in [1.165, 1.54) is 16.2 Å². The van der Waals surface area contributed by atoms with Crippen LogP contribution in [0.5, 0.6) is 0 Å². The number of thiocyanates is 3. The van der Waals surface area contributed by atoms with Crippen LogP contribution in [0.2, 0.25) is 0 Å². The van der Waals surface area contributed by atoms with Crippen molar-refractivity contribution in [2.24, 2.45) is 0 Å². The second kappa shape index (κ2) is 72.1. The predicted octanol–water partition coefficient (Wildman–Crippen LogP) is 0.0406. The molecular weight excluding hydrogens is 230 g/mol. The van der Waals surface area contributed by atoms with E-state index in [0.717, 1.165) is 0 Å². The van der Waals surface area contributed by atoms with E-state index in [4.69, 9.17) is 15.8 Å². The van der Waals surface area contributed by atoms with Gasteiger partial charge in [0.05, 0.1) is 0 Å². The van der Waals surface area contributed by atoms with E-state index >= 15 is 0 Å². The molecular formula is C3FeN3S3-. The van der Waals surface area contributed by atoms with E-state index < -0.39 is 0 Å². The summed E-state index contributed by atoms with van der Waals surface area (Å²) in [4.78, 5) is 0. The summed E-state index contributed by atoms with van der Waals surface area (Å²) < 4.78 is 0. The van der Waals surface area contributed by atoms with Gasteiger partial charge in [0.1, 0.15) is 0 Å². The minimum absolute atomic E-state index is 0. The maximum absolute atomic E-state index is 7.13. The maximum atomic E-state index is 7.13. The predicted molar refractivity (Wildman–Crippen MR) is 38.9 cm³/mol. The van der Waals surface area contributed by atoms with Crippen molar-refractivity contribution in [3.8, 4) is 16.2 Å². The number of rotatable bonds is 0. The van der Waals surface area contributed by atoms with Gasteiger partial charge in [0.25, 0.3) is 0 Å². The number of nitrogens with zero attached hydrogens (tertiary/aromatic N) is 3. The van der Waals surface area contributed by atoms with Crippen molar-refractivity contribution in [1.82, 2.24) is 0 Å². The molecule has 10 heavy (non-hydrogen) atoms. The summed E-state index contributed by atoms with van der Waals surface area (Å²) in [5.41, 5.74) is 0. The normalized spacial score (nSPS) is 2.10. The molecule has 0 N–H and O–H groups in total. The second-order valence-corrected chi connectivity index (χ2v) is 0.822. The molecule has 0 spiro atoms. The van der Waals surface area contributed by atoms with Crippen molar-refractivity contribution in [1.29, 1.82) is 15.8 Å². The molecule has 0 aliphatic rings. The minimum Gasteiger partial charge on any atom is -0.696 e. The summed E-state index contributed by atoms with van der Waals surface area (Å²) in [7, 11) is 0. The molecule has 0 fully saturated rings. The van der Waals surface area contributed by atoms with Crippen LogP contribution in [0.3, 0.4) is 0 Å². The SMILES string of the molecule is N#C[S-].N#C[S-].N#C[S-].[Fe+2]. The topological polar surface area (TPSA) is 71.4 Å². The molecule has 0 aliphatic carbocycles. The first-order valence-corrected chi connectivity index (χ1v) is 2.51. The van der Waals surface area contributed by atoms with Gasteiger partial charge in [-0.1, -0.05) is 16.2 Å². The third kappa shape index (κ3) is 2750. The largest absolute Gasteiger partial charge is 2.00 e. The van der Waals surface area contributed by atoms with Gasteiger partial charge in [-0.3, -0.25) is 0 Å². The van der Waals surface area contributed by atoms with E-state index in [0.29, 0.717) is 0 Å². The molecule has 0 bridgehead atoms. The van der Waals surface area contributed by atoms with Gasteiger partial charge in [0.2, 0.25) is 0 Å². The van der Waals surface area contributed by atoms with Crippen LogP contribution in [0.15, 0.2) is 0 Å². The minimum atomic E-state index is 0. The number of hydrogen-bond donors (Lipinski definition) is 0. The molecule has 0 atom stereocenters. The van der Waals surface area contributed by atoms with Crippen molar-refractivity contribution in [2.75, 3.05) is 0 Å². The van der Waals surface area contributed by atoms with Gasteiger partial charge in [-0.25, -0.2) is 15.8 Å². The fourth-order valence-corrected chi connectivity index (χ4v) is 0. The smallest absolute Gasteiger partial charge is 0.696 e. The molecule has 0 unspecified atom stereocenters. The molecule has 0 saturated heterocycles. The van der Waals surface area contributed by atoms with Crippen molar-refractivity contribution < 1.29 is 17.1 Å². The molecule has 0 aliphatic heterocycles. The number of nitriles is 3. The summed E-state index contributed by atoms with van der Waals surface area (Å²) in [6.45, 7) is 0. The average molecular weight is 230 g/mol. The fraction of sp³-hybridized carbons (Fsp3) is 0. The Morgan fingerprint density at radius 2 is 0.700 bits per heavy atom. The standard InChI is InChI=1S/3CHNS.Fe/c3*2-1-3;/h3*3H;/q;;;+2/p-3. The summed E-state index contributed by atoms with van der Waals surface area (Å²) in [5, 5.41) is 25.4. The van der Waals surface area contributed by atoms with Crippen molar-refractivity contribution in [2.45, 2.75) is 0 Å². The average Bonchev–Trinajstić information content (AvgIpc) is 1.70. The first kappa shape index (κ1) is 22.6. The third-order valence-electron chi connectivity index (χ3n) is 0. The molecule has 54 valence electrons. The zero-order valence-corrected chi connectivity index (χ0v) is 7.97. The van der Waals surface area contributed by atoms with Crippen LogP contribution in [0.4, 0.5) is 0 Å². The van der Waals surface area contributed by atoms with Gasteiger partial charge in [-0.15, -0.1) is 0 Å². The molecule has 0 amide bonds. The Kier molecular flexibility index (Phi) is 163. The van der Waals surface area contributed by atoms with Crippen LogP contribution in [0, 0.1) is 32.0 Å². The molecule has 0 saturated carbocycles. The van der Waals surface area contributed by atoms with Crippen LogP contribution in [-0.2, 0) is 55.0 Å². The Morgan fingerprint density at radius 3 is 0.700 bits per heavy atom. The quantitative estimate of drug-likeness (QED) is 0.332. The first-order valence-electron chi connectivity index (χ1n) is 1.28. The zero-order valence-electron chi connectivity index (χ0n) is 4.42. The molecule has 7 heteroatoms. The summed E-state index contributed by atoms with van der Waals surface area (Å²) >= 11 is 11.1. The van der Waals surface area contributed by atoms with Crippen LogP contribution in [0.25, 0.3) is 0 Å². The Bertz CT molecular complexity index is 112. The van der Waals surface area contributed by atoms with E-state index in [1.54, 1.807) is 0 Å². The van der Waals surface area contributed by atoms with Crippen LogP contribution >= 0.6 is 0 Å². The van der Waals surface area contributed by atoms with Gasteiger partial charge in [-0.2, -0.15) is 0 Å². The maximum Gasteiger partial charge on any atom is 2.00 e.